The lowest BCUT2D eigenvalue weighted by Crippen LogP contribution is -2.11. The van der Waals surface area contributed by atoms with E-state index in [2.05, 4.69) is 9.99 Å². The minimum absolute atomic E-state index is 0.0207. The molecule has 0 bridgehead atoms. The van der Waals surface area contributed by atoms with Gasteiger partial charge in [-0.15, -0.1) is 11.3 Å². The van der Waals surface area contributed by atoms with E-state index in [9.17, 15) is 9.59 Å². The zero-order chi connectivity index (χ0) is 11.3. The van der Waals surface area contributed by atoms with E-state index in [0.29, 0.717) is 11.2 Å². The quantitative estimate of drug-likeness (QED) is 0.275. The lowest BCUT2D eigenvalue weighted by molar-refractivity contribution is -0.141. The van der Waals surface area contributed by atoms with Crippen LogP contribution in [0.1, 0.15) is 4.88 Å². The Morgan fingerprint density at radius 3 is 2.80 bits per heavy atom. The fraction of sp³-hybridized carbons (Fsp3) is 0.125. The number of carbonyl (C=O) groups excluding carboxylic acids is 2. The van der Waals surface area contributed by atoms with Gasteiger partial charge in [-0.2, -0.15) is 0 Å². The Balaban J connectivity index is 2.72. The van der Waals surface area contributed by atoms with Crippen LogP contribution in [-0.2, 0) is 14.4 Å². The molecule has 0 aliphatic carbocycles. The van der Waals surface area contributed by atoms with Crippen molar-refractivity contribution in [2.45, 2.75) is 4.84 Å². The molecule has 0 saturated heterocycles. The van der Waals surface area contributed by atoms with E-state index in [-0.39, 0.29) is 5.71 Å². The van der Waals surface area contributed by atoms with Crippen LogP contribution in [0.4, 0.5) is 0 Å². The van der Waals surface area contributed by atoms with Gasteiger partial charge in [0.05, 0.1) is 4.88 Å². The fourth-order valence-corrected chi connectivity index (χ4v) is 1.43. The average Bonchev–Trinajstić information content (AvgIpc) is 2.71. The van der Waals surface area contributed by atoms with E-state index < -0.39 is 10.8 Å². The zero-order valence-electron chi connectivity index (χ0n) is 7.22. The van der Waals surface area contributed by atoms with Crippen LogP contribution in [0.25, 0.3) is 0 Å². The van der Waals surface area contributed by atoms with Gasteiger partial charge in [0.2, 0.25) is 4.84 Å². The Morgan fingerprint density at radius 2 is 2.33 bits per heavy atom. The predicted octanol–water partition coefficient (Wildman–Crippen LogP) is 2.00. The van der Waals surface area contributed by atoms with Gasteiger partial charge in [-0.1, -0.05) is 34.4 Å². The summed E-state index contributed by atoms with van der Waals surface area (Å²) in [6, 6.07) is 3.41. The molecular weight excluding hydrogens is 261 g/mol. The maximum absolute atomic E-state index is 10.8. The number of carbonyl (C=O) groups is 2. The highest BCUT2D eigenvalue weighted by Gasteiger charge is 2.14. The first-order chi connectivity index (χ1) is 7.15. The van der Waals surface area contributed by atoms with Crippen LogP contribution in [0.3, 0.4) is 0 Å². The molecule has 0 N–H and O–H groups in total. The summed E-state index contributed by atoms with van der Waals surface area (Å²) < 4.78 is 0. The Morgan fingerprint density at radius 1 is 1.60 bits per heavy atom. The topological polar surface area (TPSA) is 55.7 Å². The van der Waals surface area contributed by atoms with Gasteiger partial charge in [-0.05, 0) is 11.4 Å². The van der Waals surface area contributed by atoms with Crippen molar-refractivity contribution < 1.29 is 14.4 Å². The molecule has 0 aromatic carbocycles. The molecule has 15 heavy (non-hydrogen) atoms. The van der Waals surface area contributed by atoms with Crippen LogP contribution >= 0.6 is 34.5 Å². The summed E-state index contributed by atoms with van der Waals surface area (Å²) in [6.07, 6.45) is 0.483. The third-order valence-corrected chi connectivity index (χ3v) is 2.55. The summed E-state index contributed by atoms with van der Waals surface area (Å²) in [5.41, 5.74) is 0.0207. The summed E-state index contributed by atoms with van der Waals surface area (Å²) >= 11 is 11.7. The first kappa shape index (κ1) is 12.2. The number of oxime groups is 1. The minimum Gasteiger partial charge on any atom is -0.314 e. The van der Waals surface area contributed by atoms with Crippen molar-refractivity contribution in [1.82, 2.24) is 0 Å². The number of hydrogen-bond donors (Lipinski definition) is 0. The third kappa shape index (κ3) is 3.62. The van der Waals surface area contributed by atoms with Gasteiger partial charge in [-0.3, -0.25) is 4.79 Å². The first-order valence-corrected chi connectivity index (χ1v) is 5.46. The molecule has 0 fully saturated rings. The van der Waals surface area contributed by atoms with Crippen molar-refractivity contribution >= 4 is 52.5 Å². The standard InChI is InChI=1S/C8H5Cl2NO3S/c9-7(10)8(13)14-11-5(4-12)6-2-1-3-15-6/h1-4,7H/b11-5-. The Bertz CT molecular complexity index is 375. The maximum atomic E-state index is 10.8. The number of thiophene rings is 1. The smallest absolute Gasteiger partial charge is 0.314 e. The highest BCUT2D eigenvalue weighted by Crippen LogP contribution is 2.10. The van der Waals surface area contributed by atoms with Crippen molar-refractivity contribution in [2.24, 2.45) is 5.16 Å². The molecule has 1 aromatic rings. The van der Waals surface area contributed by atoms with Crippen LogP contribution < -0.4 is 0 Å². The van der Waals surface area contributed by atoms with E-state index in [4.69, 9.17) is 23.2 Å². The van der Waals surface area contributed by atoms with Crippen LogP contribution in [0, 0.1) is 0 Å². The summed E-state index contributed by atoms with van der Waals surface area (Å²) in [5.74, 6) is -0.922. The zero-order valence-corrected chi connectivity index (χ0v) is 9.55. The molecule has 0 atom stereocenters. The van der Waals surface area contributed by atoms with Crippen molar-refractivity contribution in [2.75, 3.05) is 0 Å². The van der Waals surface area contributed by atoms with Gasteiger partial charge in [0.25, 0.3) is 0 Å². The van der Waals surface area contributed by atoms with E-state index >= 15 is 0 Å². The van der Waals surface area contributed by atoms with E-state index in [0.717, 1.165) is 0 Å². The van der Waals surface area contributed by atoms with Crippen molar-refractivity contribution in [3.8, 4) is 0 Å². The SMILES string of the molecule is O=C/C(=N/OC(=O)C(Cl)Cl)c1cccs1. The molecule has 0 saturated carbocycles. The van der Waals surface area contributed by atoms with Crippen molar-refractivity contribution in [1.29, 1.82) is 0 Å². The minimum atomic E-state index is -1.31. The highest BCUT2D eigenvalue weighted by atomic mass is 35.5. The summed E-state index contributed by atoms with van der Waals surface area (Å²) in [7, 11) is 0. The Kier molecular flexibility index (Phi) is 4.74. The molecule has 1 rings (SSSR count). The summed E-state index contributed by atoms with van der Waals surface area (Å²) in [5, 5.41) is 5.11. The van der Waals surface area contributed by atoms with Crippen LogP contribution in [0.15, 0.2) is 22.7 Å². The van der Waals surface area contributed by atoms with Crippen LogP contribution in [-0.4, -0.2) is 22.8 Å². The lowest BCUT2D eigenvalue weighted by Gasteiger charge is -1.97. The van der Waals surface area contributed by atoms with Crippen molar-refractivity contribution in [3.63, 3.8) is 0 Å². The largest absolute Gasteiger partial charge is 0.367 e. The molecular formula is C8H5Cl2NO3S. The fourth-order valence-electron chi connectivity index (χ4n) is 0.683. The maximum Gasteiger partial charge on any atom is 0.367 e. The first-order valence-electron chi connectivity index (χ1n) is 3.71. The van der Waals surface area contributed by atoms with Crippen LogP contribution in [0.5, 0.6) is 0 Å². The molecule has 0 unspecified atom stereocenters. The second kappa shape index (κ2) is 5.85. The normalized spacial score (nSPS) is 11.5. The van der Waals surface area contributed by atoms with Gasteiger partial charge in [0, 0.05) is 0 Å². The highest BCUT2D eigenvalue weighted by molar-refractivity contribution is 7.12. The monoisotopic (exact) mass is 265 g/mol. The molecule has 1 heterocycles. The third-order valence-electron chi connectivity index (χ3n) is 1.30. The number of hydrogen-bond acceptors (Lipinski definition) is 5. The number of rotatable bonds is 4. The van der Waals surface area contributed by atoms with Gasteiger partial charge < -0.3 is 4.84 Å². The molecule has 7 heteroatoms. The van der Waals surface area contributed by atoms with Gasteiger partial charge in [0.1, 0.15) is 0 Å². The molecule has 0 amide bonds. The number of aldehydes is 1. The molecule has 0 aliphatic heterocycles. The second-order valence-electron chi connectivity index (χ2n) is 2.28. The molecule has 0 spiro atoms. The molecule has 4 nitrogen and oxygen atoms in total. The molecule has 0 radical (unpaired) electrons. The number of nitrogens with zero attached hydrogens (tertiary/aromatic N) is 1. The number of alkyl halides is 2. The Hall–Kier alpha value is -0.910. The van der Waals surface area contributed by atoms with E-state index in [1.54, 1.807) is 17.5 Å². The lowest BCUT2D eigenvalue weighted by atomic mass is 10.3. The van der Waals surface area contributed by atoms with E-state index in [1.807, 2.05) is 0 Å². The second-order valence-corrected chi connectivity index (χ2v) is 4.33. The Labute approximate surface area is 99.4 Å². The molecule has 1 aromatic heterocycles. The van der Waals surface area contributed by atoms with E-state index in [1.165, 1.54) is 11.3 Å². The average molecular weight is 266 g/mol. The van der Waals surface area contributed by atoms with Gasteiger partial charge in [-0.25, -0.2) is 4.79 Å². The van der Waals surface area contributed by atoms with Gasteiger partial charge >= 0.3 is 5.97 Å². The van der Waals surface area contributed by atoms with Crippen molar-refractivity contribution in [3.05, 3.63) is 22.4 Å². The van der Waals surface area contributed by atoms with Gasteiger partial charge in [0.15, 0.2) is 12.0 Å². The summed E-state index contributed by atoms with van der Waals surface area (Å²) in [4.78, 5) is 25.1. The van der Waals surface area contributed by atoms with Crippen LogP contribution in [0.2, 0.25) is 0 Å². The summed E-state index contributed by atoms with van der Waals surface area (Å²) in [6.45, 7) is 0. The molecule has 80 valence electrons. The predicted molar refractivity (Wildman–Crippen MR) is 58.5 cm³/mol. The molecule has 0 aliphatic rings. The number of halogens is 2.